The first-order valence-corrected chi connectivity index (χ1v) is 9.57. The fraction of sp³-hybridized carbons (Fsp3) is 0.222. The zero-order valence-corrected chi connectivity index (χ0v) is 15.7. The van der Waals surface area contributed by atoms with E-state index in [0.717, 1.165) is 5.56 Å². The van der Waals surface area contributed by atoms with E-state index in [0.29, 0.717) is 17.1 Å². The van der Waals surface area contributed by atoms with Crippen LogP contribution in [0.15, 0.2) is 52.4 Å². The van der Waals surface area contributed by atoms with Gasteiger partial charge in [0.05, 0.1) is 19.1 Å². The van der Waals surface area contributed by atoms with Crippen LogP contribution in [0.2, 0.25) is 0 Å². The zero-order chi connectivity index (χ0) is 19.4. The minimum atomic E-state index is -3.62. The molecule has 1 amide bonds. The highest BCUT2D eigenvalue weighted by atomic mass is 32.2. The van der Waals surface area contributed by atoms with E-state index >= 15 is 0 Å². The second kappa shape index (κ2) is 7.67. The number of methoxy groups -OCH3 is 2. The van der Waals surface area contributed by atoms with Gasteiger partial charge in [-0.25, -0.2) is 8.42 Å². The van der Waals surface area contributed by atoms with Crippen LogP contribution in [0.25, 0.3) is 0 Å². The largest absolute Gasteiger partial charge is 0.497 e. The molecular weight excluding hydrogens is 370 g/mol. The first kappa shape index (κ1) is 18.7. The minimum Gasteiger partial charge on any atom is -0.497 e. The first-order chi connectivity index (χ1) is 12.9. The summed E-state index contributed by atoms with van der Waals surface area (Å²) in [6.45, 7) is 0.0187. The Morgan fingerprint density at radius 3 is 2.67 bits per heavy atom. The Morgan fingerprint density at radius 2 is 1.93 bits per heavy atom. The maximum Gasteiger partial charge on any atom is 0.263 e. The molecule has 0 aliphatic carbocycles. The summed E-state index contributed by atoms with van der Waals surface area (Å²) in [5.41, 5.74) is 1.21. The Labute approximate surface area is 157 Å². The van der Waals surface area contributed by atoms with Crippen LogP contribution in [0.3, 0.4) is 0 Å². The highest BCUT2D eigenvalue weighted by molar-refractivity contribution is 7.90. The number of ether oxygens (including phenoxy) is 2. The normalized spacial score (nSPS) is 15.7. The number of benzene rings is 2. The number of hydrogen-bond acceptors (Lipinski definition) is 6. The quantitative estimate of drug-likeness (QED) is 0.768. The molecule has 0 spiro atoms. The summed E-state index contributed by atoms with van der Waals surface area (Å²) < 4.78 is 36.9. The Morgan fingerprint density at radius 1 is 1.15 bits per heavy atom. The topological polar surface area (TPSA) is 106 Å². The van der Waals surface area contributed by atoms with E-state index < -0.39 is 10.0 Å². The van der Waals surface area contributed by atoms with Crippen molar-refractivity contribution in [2.24, 2.45) is 4.99 Å². The average Bonchev–Trinajstić information content (AvgIpc) is 2.95. The van der Waals surface area contributed by atoms with E-state index in [1.54, 1.807) is 50.6 Å². The van der Waals surface area contributed by atoms with Gasteiger partial charge in [-0.05, 0) is 30.3 Å². The van der Waals surface area contributed by atoms with Gasteiger partial charge in [-0.1, -0.05) is 12.1 Å². The summed E-state index contributed by atoms with van der Waals surface area (Å²) in [6.07, 6.45) is 0. The predicted octanol–water partition coefficient (Wildman–Crippen LogP) is 1.06. The van der Waals surface area contributed by atoms with Crippen molar-refractivity contribution in [1.29, 1.82) is 0 Å². The van der Waals surface area contributed by atoms with Crippen molar-refractivity contribution in [3.8, 4) is 11.5 Å². The van der Waals surface area contributed by atoms with E-state index in [1.165, 1.54) is 6.07 Å². The second-order valence-electron chi connectivity index (χ2n) is 5.72. The lowest BCUT2D eigenvalue weighted by atomic mass is 10.2. The maximum absolute atomic E-state index is 12.1. The van der Waals surface area contributed by atoms with Gasteiger partial charge in [0.1, 0.15) is 23.9 Å². The molecule has 1 aliphatic rings. The number of nitrogens with one attached hydrogen (secondary N) is 2. The molecule has 8 nitrogen and oxygen atoms in total. The molecule has 9 heteroatoms. The SMILES string of the molecule is COc1ccc(OC)c(CNC(=O)CN=C2NS(=O)(=O)c3ccccc32)c1. The van der Waals surface area contributed by atoms with Crippen LogP contribution < -0.4 is 19.5 Å². The zero-order valence-electron chi connectivity index (χ0n) is 14.9. The van der Waals surface area contributed by atoms with Gasteiger partial charge in [0.25, 0.3) is 10.0 Å². The number of amides is 1. The fourth-order valence-corrected chi connectivity index (χ4v) is 3.92. The molecular formula is C18H19N3O5S. The summed E-state index contributed by atoms with van der Waals surface area (Å²) in [7, 11) is -0.517. The molecule has 0 aromatic heterocycles. The molecule has 0 saturated carbocycles. The standard InChI is InChI=1S/C18H19N3O5S/c1-25-13-7-8-15(26-2)12(9-13)10-19-17(22)11-20-18-14-5-3-4-6-16(14)27(23,24)21-18/h3-9H,10-11H2,1-2H3,(H,19,22)(H,20,21). The number of carbonyl (C=O) groups excluding carboxylic acids is 1. The third-order valence-electron chi connectivity index (χ3n) is 4.01. The smallest absolute Gasteiger partial charge is 0.263 e. The number of rotatable bonds is 6. The molecule has 0 bridgehead atoms. The number of amidine groups is 1. The van der Waals surface area contributed by atoms with E-state index in [2.05, 4.69) is 15.0 Å². The van der Waals surface area contributed by atoms with Crippen molar-refractivity contribution in [1.82, 2.24) is 10.0 Å². The van der Waals surface area contributed by atoms with Crippen molar-refractivity contribution < 1.29 is 22.7 Å². The molecule has 0 fully saturated rings. The van der Waals surface area contributed by atoms with Gasteiger partial charge in [0, 0.05) is 17.7 Å². The third kappa shape index (κ3) is 4.03. The lowest BCUT2D eigenvalue weighted by Gasteiger charge is -2.11. The van der Waals surface area contributed by atoms with Crippen LogP contribution in [0.4, 0.5) is 0 Å². The highest BCUT2D eigenvalue weighted by Crippen LogP contribution is 2.24. The molecule has 27 heavy (non-hydrogen) atoms. The van der Waals surface area contributed by atoms with Crippen molar-refractivity contribution in [3.05, 3.63) is 53.6 Å². The third-order valence-corrected chi connectivity index (χ3v) is 5.40. The minimum absolute atomic E-state index is 0.158. The van der Waals surface area contributed by atoms with Crippen molar-refractivity contribution >= 4 is 21.8 Å². The lowest BCUT2D eigenvalue weighted by molar-refractivity contribution is -0.119. The van der Waals surface area contributed by atoms with Gasteiger partial charge in [0.15, 0.2) is 0 Å². The molecule has 2 N–H and O–H groups in total. The van der Waals surface area contributed by atoms with E-state index in [9.17, 15) is 13.2 Å². The van der Waals surface area contributed by atoms with Gasteiger partial charge in [0.2, 0.25) is 5.91 Å². The first-order valence-electron chi connectivity index (χ1n) is 8.09. The number of carbonyl (C=O) groups is 1. The van der Waals surface area contributed by atoms with Crippen LogP contribution in [-0.4, -0.2) is 40.9 Å². The van der Waals surface area contributed by atoms with Crippen molar-refractivity contribution in [2.75, 3.05) is 20.8 Å². The van der Waals surface area contributed by atoms with Crippen LogP contribution in [0.5, 0.6) is 11.5 Å². The number of aliphatic imine (C=N–C) groups is 1. The van der Waals surface area contributed by atoms with Gasteiger partial charge in [-0.2, -0.15) is 0 Å². The molecule has 3 rings (SSSR count). The van der Waals surface area contributed by atoms with Crippen LogP contribution in [0.1, 0.15) is 11.1 Å². The van der Waals surface area contributed by atoms with Gasteiger partial charge in [-0.3, -0.25) is 14.5 Å². The predicted molar refractivity (Wildman–Crippen MR) is 99.6 cm³/mol. The van der Waals surface area contributed by atoms with Crippen LogP contribution >= 0.6 is 0 Å². The highest BCUT2D eigenvalue weighted by Gasteiger charge is 2.30. The summed E-state index contributed by atoms with van der Waals surface area (Å²) >= 11 is 0. The molecule has 1 aliphatic heterocycles. The van der Waals surface area contributed by atoms with Gasteiger partial charge >= 0.3 is 0 Å². The van der Waals surface area contributed by atoms with Crippen LogP contribution in [-0.2, 0) is 21.4 Å². The number of nitrogens with zero attached hydrogens (tertiary/aromatic N) is 1. The molecule has 0 unspecified atom stereocenters. The molecule has 2 aromatic rings. The van der Waals surface area contributed by atoms with Gasteiger partial charge < -0.3 is 14.8 Å². The molecule has 2 aromatic carbocycles. The maximum atomic E-state index is 12.1. The van der Waals surface area contributed by atoms with E-state index in [4.69, 9.17) is 9.47 Å². The van der Waals surface area contributed by atoms with Crippen molar-refractivity contribution in [3.63, 3.8) is 0 Å². The second-order valence-corrected chi connectivity index (χ2v) is 7.37. The summed E-state index contributed by atoms with van der Waals surface area (Å²) in [4.78, 5) is 16.4. The lowest BCUT2D eigenvalue weighted by Crippen LogP contribution is -2.28. The van der Waals surface area contributed by atoms with E-state index in [-0.39, 0.29) is 29.7 Å². The Hall–Kier alpha value is -3.07. The molecule has 1 heterocycles. The number of sulfonamides is 1. The molecule has 0 saturated heterocycles. The number of fused-ring (bicyclic) bond motifs is 1. The molecule has 142 valence electrons. The summed E-state index contributed by atoms with van der Waals surface area (Å²) in [5.74, 6) is 1.09. The Kier molecular flexibility index (Phi) is 5.31. The average molecular weight is 389 g/mol. The van der Waals surface area contributed by atoms with Crippen LogP contribution in [0, 0.1) is 0 Å². The van der Waals surface area contributed by atoms with E-state index in [1.807, 2.05) is 0 Å². The molecule has 0 atom stereocenters. The number of hydrogen-bond donors (Lipinski definition) is 2. The fourth-order valence-electron chi connectivity index (χ4n) is 2.67. The van der Waals surface area contributed by atoms with Crippen molar-refractivity contribution in [2.45, 2.75) is 11.4 Å². The monoisotopic (exact) mass is 389 g/mol. The molecule has 0 radical (unpaired) electrons. The Bertz CT molecular complexity index is 1000. The summed E-state index contributed by atoms with van der Waals surface area (Å²) in [5, 5.41) is 2.73. The Balaban J connectivity index is 1.67. The van der Waals surface area contributed by atoms with Gasteiger partial charge in [-0.15, -0.1) is 0 Å². The summed E-state index contributed by atoms with van der Waals surface area (Å²) in [6, 6.07) is 11.8.